The lowest BCUT2D eigenvalue weighted by atomic mass is 9.90. The first-order valence-electron chi connectivity index (χ1n) is 5.02. The zero-order valence-corrected chi connectivity index (χ0v) is 9.57. The molecule has 0 aliphatic heterocycles. The Balaban J connectivity index is 3.44. The first-order chi connectivity index (χ1) is 6.75. The number of nitrogens with two attached hydrogens (primary N) is 1. The van der Waals surface area contributed by atoms with Gasteiger partial charge >= 0.3 is 0 Å². The summed E-state index contributed by atoms with van der Waals surface area (Å²) in [5, 5.41) is 0. The van der Waals surface area contributed by atoms with Crippen LogP contribution in [0.15, 0.2) is 12.1 Å². The van der Waals surface area contributed by atoms with Crippen molar-refractivity contribution in [3.05, 3.63) is 34.9 Å². The molecule has 1 aromatic carbocycles. The van der Waals surface area contributed by atoms with Gasteiger partial charge in [0.05, 0.1) is 0 Å². The van der Waals surface area contributed by atoms with E-state index in [0.29, 0.717) is 5.56 Å². The fraction of sp³-hybridized carbons (Fsp3) is 0.500. The molecule has 0 fully saturated rings. The molecule has 0 saturated heterocycles. The third kappa shape index (κ3) is 2.34. The molecule has 2 N–H and O–H groups in total. The van der Waals surface area contributed by atoms with Crippen LogP contribution >= 0.6 is 0 Å². The lowest BCUT2D eigenvalue weighted by Crippen LogP contribution is -2.31. The van der Waals surface area contributed by atoms with Gasteiger partial charge in [-0.3, -0.25) is 0 Å². The van der Waals surface area contributed by atoms with Gasteiger partial charge in [-0.2, -0.15) is 0 Å². The lowest BCUT2D eigenvalue weighted by Gasteiger charge is -2.22. The number of halogens is 2. The minimum atomic E-state index is -1.00. The average Bonchev–Trinajstić information content (AvgIpc) is 2.00. The molecule has 0 radical (unpaired) electrons. The van der Waals surface area contributed by atoms with Crippen LogP contribution in [0.5, 0.6) is 0 Å². The topological polar surface area (TPSA) is 26.0 Å². The summed E-state index contributed by atoms with van der Waals surface area (Å²) in [6.07, 6.45) is 0. The molecule has 0 aliphatic rings. The molecule has 1 rings (SSSR count). The van der Waals surface area contributed by atoms with Crippen molar-refractivity contribution in [1.82, 2.24) is 0 Å². The highest BCUT2D eigenvalue weighted by Crippen LogP contribution is 2.29. The largest absolute Gasteiger partial charge is 0.322 e. The van der Waals surface area contributed by atoms with Gasteiger partial charge in [-0.15, -0.1) is 0 Å². The van der Waals surface area contributed by atoms with E-state index in [0.717, 1.165) is 0 Å². The maximum atomic E-state index is 14.0. The Labute approximate surface area is 89.3 Å². The fourth-order valence-corrected chi connectivity index (χ4v) is 1.61. The van der Waals surface area contributed by atoms with E-state index < -0.39 is 17.2 Å². The first-order valence-corrected chi connectivity index (χ1v) is 5.02. The van der Waals surface area contributed by atoms with Gasteiger partial charge in [0.15, 0.2) is 0 Å². The zero-order valence-electron chi connectivity index (χ0n) is 9.57. The number of benzene rings is 1. The van der Waals surface area contributed by atoms with E-state index in [4.69, 9.17) is 5.73 Å². The number of hydrogen-bond donors (Lipinski definition) is 1. The van der Waals surface area contributed by atoms with Gasteiger partial charge in [0, 0.05) is 11.1 Å². The van der Waals surface area contributed by atoms with Crippen LogP contribution in [0, 0.1) is 11.6 Å². The van der Waals surface area contributed by atoms with Crippen LogP contribution in [-0.2, 0) is 5.54 Å². The van der Waals surface area contributed by atoms with Crippen molar-refractivity contribution in [2.24, 2.45) is 5.73 Å². The molecule has 1 nitrogen and oxygen atoms in total. The highest BCUT2D eigenvalue weighted by molar-refractivity contribution is 5.33. The molecule has 1 aromatic rings. The molecule has 0 aliphatic carbocycles. The maximum Gasteiger partial charge on any atom is 0.134 e. The second kappa shape index (κ2) is 3.89. The molecule has 0 saturated carbocycles. The quantitative estimate of drug-likeness (QED) is 0.801. The van der Waals surface area contributed by atoms with Gasteiger partial charge in [-0.05, 0) is 31.4 Å². The van der Waals surface area contributed by atoms with Crippen LogP contribution in [-0.4, -0.2) is 0 Å². The summed E-state index contributed by atoms with van der Waals surface area (Å²) in [7, 11) is 0. The van der Waals surface area contributed by atoms with E-state index in [9.17, 15) is 8.78 Å². The molecule has 0 amide bonds. The molecule has 3 heteroatoms. The Morgan fingerprint density at radius 2 is 1.73 bits per heavy atom. The first kappa shape index (κ1) is 12.1. The Kier molecular flexibility index (Phi) is 3.14. The van der Waals surface area contributed by atoms with Gasteiger partial charge in [0.25, 0.3) is 0 Å². The summed E-state index contributed by atoms with van der Waals surface area (Å²) in [6, 6.07) is 2.76. The molecule has 0 spiro atoms. The van der Waals surface area contributed by atoms with Crippen molar-refractivity contribution in [2.75, 3.05) is 0 Å². The highest BCUT2D eigenvalue weighted by atomic mass is 19.1. The summed E-state index contributed by atoms with van der Waals surface area (Å²) in [5.41, 5.74) is 5.22. The number of rotatable bonds is 2. The smallest absolute Gasteiger partial charge is 0.134 e. The summed E-state index contributed by atoms with van der Waals surface area (Å²) in [4.78, 5) is 0. The normalized spacial score (nSPS) is 12.3. The number of hydrogen-bond acceptors (Lipinski definition) is 1. The van der Waals surface area contributed by atoms with E-state index in [1.54, 1.807) is 13.8 Å². The van der Waals surface area contributed by atoms with Crippen LogP contribution in [0.4, 0.5) is 8.78 Å². The Bertz CT molecular complexity index is 365. The molecule has 0 heterocycles. The predicted octanol–water partition coefficient (Wildman–Crippen LogP) is 3.28. The molecule has 0 bridgehead atoms. The standard InChI is InChI=1S/C12H17F2N/c1-7(2)8-5-6-9(13)10(11(8)14)12(3,4)15/h5-7H,15H2,1-4H3. The third-order valence-corrected chi connectivity index (χ3v) is 2.39. The summed E-state index contributed by atoms with van der Waals surface area (Å²) >= 11 is 0. The lowest BCUT2D eigenvalue weighted by molar-refractivity contribution is 0.452. The second-order valence-corrected chi connectivity index (χ2v) is 4.70. The molecular weight excluding hydrogens is 196 g/mol. The van der Waals surface area contributed by atoms with E-state index in [1.807, 2.05) is 13.8 Å². The Morgan fingerprint density at radius 1 is 1.20 bits per heavy atom. The van der Waals surface area contributed by atoms with Crippen molar-refractivity contribution in [1.29, 1.82) is 0 Å². The minimum absolute atomic E-state index is 0.0201. The van der Waals surface area contributed by atoms with E-state index in [2.05, 4.69) is 0 Å². The van der Waals surface area contributed by atoms with E-state index >= 15 is 0 Å². The minimum Gasteiger partial charge on any atom is -0.322 e. The molecule has 84 valence electrons. The molecule has 0 unspecified atom stereocenters. The SMILES string of the molecule is CC(C)c1ccc(F)c(C(C)(C)N)c1F. The molecule has 15 heavy (non-hydrogen) atoms. The van der Waals surface area contributed by atoms with Gasteiger partial charge < -0.3 is 5.73 Å². The maximum absolute atomic E-state index is 14.0. The molecular formula is C12H17F2N. The monoisotopic (exact) mass is 213 g/mol. The second-order valence-electron chi connectivity index (χ2n) is 4.70. The van der Waals surface area contributed by atoms with Crippen molar-refractivity contribution in [3.63, 3.8) is 0 Å². The van der Waals surface area contributed by atoms with Crippen LogP contribution in [0.2, 0.25) is 0 Å². The van der Waals surface area contributed by atoms with Crippen molar-refractivity contribution in [2.45, 2.75) is 39.2 Å². The molecule has 0 aromatic heterocycles. The van der Waals surface area contributed by atoms with Gasteiger partial charge in [0.1, 0.15) is 11.6 Å². The van der Waals surface area contributed by atoms with Crippen LogP contribution < -0.4 is 5.73 Å². The van der Waals surface area contributed by atoms with Gasteiger partial charge in [-0.25, -0.2) is 8.78 Å². The third-order valence-electron chi connectivity index (χ3n) is 2.39. The average molecular weight is 213 g/mol. The van der Waals surface area contributed by atoms with Crippen LogP contribution in [0.3, 0.4) is 0 Å². The summed E-state index contributed by atoms with van der Waals surface area (Å²) < 4.78 is 27.4. The highest BCUT2D eigenvalue weighted by Gasteiger charge is 2.25. The Morgan fingerprint density at radius 3 is 2.13 bits per heavy atom. The Hall–Kier alpha value is -0.960. The fourth-order valence-electron chi connectivity index (χ4n) is 1.61. The summed E-state index contributed by atoms with van der Waals surface area (Å²) in [6.45, 7) is 6.92. The van der Waals surface area contributed by atoms with Crippen molar-refractivity contribution >= 4 is 0 Å². The predicted molar refractivity (Wildman–Crippen MR) is 57.7 cm³/mol. The van der Waals surface area contributed by atoms with E-state index in [1.165, 1.54) is 12.1 Å². The van der Waals surface area contributed by atoms with Gasteiger partial charge in [0.2, 0.25) is 0 Å². The van der Waals surface area contributed by atoms with E-state index in [-0.39, 0.29) is 11.5 Å². The van der Waals surface area contributed by atoms with Crippen LogP contribution in [0.25, 0.3) is 0 Å². The van der Waals surface area contributed by atoms with Crippen molar-refractivity contribution in [3.8, 4) is 0 Å². The van der Waals surface area contributed by atoms with Crippen LogP contribution in [0.1, 0.15) is 44.7 Å². The summed E-state index contributed by atoms with van der Waals surface area (Å²) in [5.74, 6) is -1.08. The van der Waals surface area contributed by atoms with Gasteiger partial charge in [-0.1, -0.05) is 19.9 Å². The van der Waals surface area contributed by atoms with Crippen molar-refractivity contribution < 1.29 is 8.78 Å². The molecule has 0 atom stereocenters. The zero-order chi connectivity index (χ0) is 11.8.